The second-order valence-electron chi connectivity index (χ2n) is 5.38. The van der Waals surface area contributed by atoms with E-state index < -0.39 is 8.07 Å². The van der Waals surface area contributed by atoms with E-state index in [2.05, 4.69) is 62.1 Å². The number of anilines is 1. The number of hydrogen-bond donors (Lipinski definition) is 1. The Balaban J connectivity index is 2.58. The predicted molar refractivity (Wildman–Crippen MR) is 79.3 cm³/mol. The van der Waals surface area contributed by atoms with Crippen molar-refractivity contribution in [1.29, 1.82) is 0 Å². The summed E-state index contributed by atoms with van der Waals surface area (Å²) in [6.07, 6.45) is 0. The number of para-hydroxylation sites is 1. The Labute approximate surface area is 104 Å². The molecule has 2 rings (SSSR count). The van der Waals surface area contributed by atoms with Gasteiger partial charge >= 0.3 is 0 Å². The summed E-state index contributed by atoms with van der Waals surface area (Å²) in [4.78, 5) is 0. The van der Waals surface area contributed by atoms with E-state index in [-0.39, 0.29) is 0 Å². The minimum atomic E-state index is -1.37. The molecule has 0 unspecified atom stereocenters. The quantitative estimate of drug-likeness (QED) is 0.632. The molecule has 2 heteroatoms. The van der Waals surface area contributed by atoms with Gasteiger partial charge in [-0.2, -0.15) is 0 Å². The third-order valence-corrected chi connectivity index (χ3v) is 5.05. The van der Waals surface area contributed by atoms with Crippen molar-refractivity contribution in [2.24, 2.45) is 0 Å². The fraction of sp³-hybridized carbons (Fsp3) is 0.200. The molecule has 0 saturated carbocycles. The van der Waals surface area contributed by atoms with Crippen LogP contribution in [0.3, 0.4) is 0 Å². The Bertz CT molecular complexity index is 512. The lowest BCUT2D eigenvalue weighted by Gasteiger charge is -2.21. The van der Waals surface area contributed by atoms with Gasteiger partial charge in [0.25, 0.3) is 0 Å². The molecule has 0 spiro atoms. The van der Waals surface area contributed by atoms with Gasteiger partial charge in [0.2, 0.25) is 0 Å². The van der Waals surface area contributed by atoms with Crippen LogP contribution in [0, 0.1) is 0 Å². The second kappa shape index (κ2) is 4.38. The van der Waals surface area contributed by atoms with Crippen LogP contribution in [0.15, 0.2) is 48.5 Å². The zero-order valence-electron chi connectivity index (χ0n) is 10.7. The molecule has 2 aromatic carbocycles. The third kappa shape index (κ3) is 2.42. The summed E-state index contributed by atoms with van der Waals surface area (Å²) in [7, 11) is -1.37. The number of nitrogen functional groups attached to an aromatic ring is 1. The fourth-order valence-corrected chi connectivity index (χ4v) is 3.63. The van der Waals surface area contributed by atoms with E-state index in [9.17, 15) is 0 Å². The van der Waals surface area contributed by atoms with E-state index in [4.69, 9.17) is 5.73 Å². The first kappa shape index (κ1) is 11.9. The fourth-order valence-electron chi connectivity index (χ4n) is 2.09. The maximum Gasteiger partial charge on any atom is 0.0803 e. The summed E-state index contributed by atoms with van der Waals surface area (Å²) in [6.45, 7) is 6.98. The van der Waals surface area contributed by atoms with Gasteiger partial charge in [-0.1, -0.05) is 68.2 Å². The molecule has 0 fully saturated rings. The highest BCUT2D eigenvalue weighted by molar-refractivity contribution is 6.89. The third-order valence-electron chi connectivity index (χ3n) is 3.00. The molecule has 0 heterocycles. The summed E-state index contributed by atoms with van der Waals surface area (Å²) in [5.41, 5.74) is 9.65. The van der Waals surface area contributed by atoms with Gasteiger partial charge in [0.05, 0.1) is 8.07 Å². The van der Waals surface area contributed by atoms with Crippen LogP contribution < -0.4 is 10.9 Å². The maximum absolute atomic E-state index is 6.34. The van der Waals surface area contributed by atoms with E-state index >= 15 is 0 Å². The van der Waals surface area contributed by atoms with Gasteiger partial charge in [-0.3, -0.25) is 0 Å². The molecule has 0 saturated heterocycles. The second-order valence-corrected chi connectivity index (χ2v) is 10.4. The van der Waals surface area contributed by atoms with Crippen LogP contribution >= 0.6 is 0 Å². The molecule has 0 aromatic heterocycles. The maximum atomic E-state index is 6.34. The Morgan fingerprint density at radius 1 is 0.824 bits per heavy atom. The van der Waals surface area contributed by atoms with Gasteiger partial charge in [0, 0.05) is 11.3 Å². The number of nitrogens with two attached hydrogens (primary N) is 1. The van der Waals surface area contributed by atoms with Gasteiger partial charge in [-0.15, -0.1) is 0 Å². The molecule has 0 aliphatic heterocycles. The zero-order chi connectivity index (χ0) is 12.5. The lowest BCUT2D eigenvalue weighted by Crippen LogP contribution is -2.39. The van der Waals surface area contributed by atoms with E-state index in [0.717, 1.165) is 11.3 Å². The molecule has 0 amide bonds. The summed E-state index contributed by atoms with van der Waals surface area (Å²) in [6, 6.07) is 16.8. The molecule has 2 N–H and O–H groups in total. The first-order chi connectivity index (χ1) is 8.00. The van der Waals surface area contributed by atoms with E-state index in [1.165, 1.54) is 10.8 Å². The SMILES string of the molecule is C[Si](C)(C)c1cccc(-c2ccccc2)c1N. The molecule has 0 aliphatic carbocycles. The smallest absolute Gasteiger partial charge is 0.0803 e. The Morgan fingerprint density at radius 3 is 2.06 bits per heavy atom. The standard InChI is InChI=1S/C15H19NSi/c1-17(2,3)14-11-7-10-13(15(14)16)12-8-5-4-6-9-12/h4-11H,16H2,1-3H3. The average Bonchev–Trinajstić information content (AvgIpc) is 2.29. The Morgan fingerprint density at radius 2 is 1.47 bits per heavy atom. The highest BCUT2D eigenvalue weighted by Gasteiger charge is 2.20. The van der Waals surface area contributed by atoms with Crippen LogP contribution in [-0.2, 0) is 0 Å². The molecule has 0 atom stereocenters. The van der Waals surface area contributed by atoms with Crippen molar-refractivity contribution < 1.29 is 0 Å². The minimum Gasteiger partial charge on any atom is -0.398 e. The summed E-state index contributed by atoms with van der Waals surface area (Å²) in [5, 5.41) is 1.35. The van der Waals surface area contributed by atoms with Gasteiger partial charge in [0.15, 0.2) is 0 Å². The Kier molecular flexibility index (Phi) is 3.07. The zero-order valence-corrected chi connectivity index (χ0v) is 11.7. The number of hydrogen-bond acceptors (Lipinski definition) is 1. The van der Waals surface area contributed by atoms with Crippen LogP contribution in [0.5, 0.6) is 0 Å². The van der Waals surface area contributed by atoms with Crippen molar-refractivity contribution in [3.63, 3.8) is 0 Å². The molecule has 0 aliphatic rings. The van der Waals surface area contributed by atoms with Crippen molar-refractivity contribution in [3.05, 3.63) is 48.5 Å². The van der Waals surface area contributed by atoms with Crippen molar-refractivity contribution in [3.8, 4) is 11.1 Å². The molecular formula is C15H19NSi. The molecule has 88 valence electrons. The molecular weight excluding hydrogens is 222 g/mol. The van der Waals surface area contributed by atoms with Gasteiger partial charge in [-0.25, -0.2) is 0 Å². The first-order valence-corrected chi connectivity index (χ1v) is 9.44. The van der Waals surface area contributed by atoms with Gasteiger partial charge in [0.1, 0.15) is 0 Å². The summed E-state index contributed by atoms with van der Waals surface area (Å²) in [5.74, 6) is 0. The van der Waals surface area contributed by atoms with Crippen LogP contribution in [0.1, 0.15) is 0 Å². The average molecular weight is 241 g/mol. The largest absolute Gasteiger partial charge is 0.398 e. The van der Waals surface area contributed by atoms with E-state index in [0.29, 0.717) is 0 Å². The van der Waals surface area contributed by atoms with Crippen molar-refractivity contribution in [1.82, 2.24) is 0 Å². The number of benzene rings is 2. The monoisotopic (exact) mass is 241 g/mol. The lowest BCUT2D eigenvalue weighted by atomic mass is 10.0. The van der Waals surface area contributed by atoms with Gasteiger partial charge < -0.3 is 5.73 Å². The van der Waals surface area contributed by atoms with Crippen molar-refractivity contribution >= 4 is 18.9 Å². The predicted octanol–water partition coefficient (Wildman–Crippen LogP) is 3.48. The first-order valence-electron chi connectivity index (χ1n) is 5.94. The molecule has 0 bridgehead atoms. The molecule has 2 aromatic rings. The summed E-state index contributed by atoms with van der Waals surface area (Å²) < 4.78 is 0. The van der Waals surface area contributed by atoms with Gasteiger partial charge in [-0.05, 0) is 10.8 Å². The summed E-state index contributed by atoms with van der Waals surface area (Å²) >= 11 is 0. The van der Waals surface area contributed by atoms with E-state index in [1.54, 1.807) is 0 Å². The Hall–Kier alpha value is -1.54. The van der Waals surface area contributed by atoms with Crippen LogP contribution in [0.25, 0.3) is 11.1 Å². The van der Waals surface area contributed by atoms with Crippen LogP contribution in [0.2, 0.25) is 19.6 Å². The minimum absolute atomic E-state index is 0.956. The normalized spacial score (nSPS) is 11.5. The van der Waals surface area contributed by atoms with E-state index in [1.807, 2.05) is 6.07 Å². The topological polar surface area (TPSA) is 26.0 Å². The highest BCUT2D eigenvalue weighted by atomic mass is 28.3. The lowest BCUT2D eigenvalue weighted by molar-refractivity contribution is 1.61. The van der Waals surface area contributed by atoms with Crippen molar-refractivity contribution in [2.45, 2.75) is 19.6 Å². The molecule has 1 nitrogen and oxygen atoms in total. The van der Waals surface area contributed by atoms with Crippen LogP contribution in [-0.4, -0.2) is 8.07 Å². The molecule has 0 radical (unpaired) electrons. The van der Waals surface area contributed by atoms with Crippen molar-refractivity contribution in [2.75, 3.05) is 5.73 Å². The highest BCUT2D eigenvalue weighted by Crippen LogP contribution is 2.25. The number of rotatable bonds is 2. The van der Waals surface area contributed by atoms with Crippen LogP contribution in [0.4, 0.5) is 5.69 Å². The molecule has 17 heavy (non-hydrogen) atoms.